The highest BCUT2D eigenvalue weighted by atomic mass is 16.2. The summed E-state index contributed by atoms with van der Waals surface area (Å²) in [4.78, 5) is 13.9. The molecule has 4 heteroatoms. The molecule has 2 rings (SSSR count). The van der Waals surface area contributed by atoms with Crippen LogP contribution >= 0.6 is 0 Å². The minimum Gasteiger partial charge on any atom is -0.357 e. The number of para-hydroxylation sites is 1. The maximum Gasteiger partial charge on any atom is 0.253 e. The van der Waals surface area contributed by atoms with E-state index in [9.17, 15) is 4.79 Å². The van der Waals surface area contributed by atoms with Gasteiger partial charge in [-0.3, -0.25) is 10.2 Å². The summed E-state index contributed by atoms with van der Waals surface area (Å²) in [6.45, 7) is 9.01. The van der Waals surface area contributed by atoms with Gasteiger partial charge in [0.15, 0.2) is 0 Å². The molecule has 1 aromatic rings. The molecule has 1 aliphatic rings. The average Bonchev–Trinajstić information content (AvgIpc) is 2.33. The van der Waals surface area contributed by atoms with E-state index in [0.29, 0.717) is 12.5 Å². The smallest absolute Gasteiger partial charge is 0.253 e. The lowest BCUT2D eigenvalue weighted by atomic mass is 9.79. The van der Waals surface area contributed by atoms with E-state index in [0.717, 1.165) is 6.42 Å². The van der Waals surface area contributed by atoms with Crippen molar-refractivity contribution in [3.63, 3.8) is 0 Å². The van der Waals surface area contributed by atoms with Crippen LogP contribution in [-0.2, 0) is 4.79 Å². The number of amides is 1. The zero-order valence-electron chi connectivity index (χ0n) is 12.2. The molecule has 1 amide bonds. The van der Waals surface area contributed by atoms with Crippen LogP contribution in [0.5, 0.6) is 0 Å². The molecule has 104 valence electrons. The monoisotopic (exact) mass is 261 g/mol. The number of aryl methyl sites for hydroxylation is 1. The Balaban J connectivity index is 2.51. The normalized spacial score (nSPS) is 20.9. The van der Waals surface area contributed by atoms with Crippen molar-refractivity contribution in [2.24, 2.45) is 5.84 Å². The fourth-order valence-corrected chi connectivity index (χ4v) is 3.20. The molecule has 0 fully saturated rings. The van der Waals surface area contributed by atoms with Crippen molar-refractivity contribution in [2.75, 3.05) is 11.4 Å². The average molecular weight is 261 g/mol. The van der Waals surface area contributed by atoms with Gasteiger partial charge in [-0.05, 0) is 44.2 Å². The van der Waals surface area contributed by atoms with Crippen molar-refractivity contribution < 1.29 is 4.79 Å². The van der Waals surface area contributed by atoms with Crippen LogP contribution in [0, 0.1) is 6.92 Å². The van der Waals surface area contributed by atoms with E-state index in [1.807, 2.05) is 0 Å². The summed E-state index contributed by atoms with van der Waals surface area (Å²) in [5.41, 5.74) is 5.90. The van der Waals surface area contributed by atoms with Crippen molar-refractivity contribution in [3.05, 3.63) is 29.3 Å². The summed E-state index contributed by atoms with van der Waals surface area (Å²) in [6.07, 6.45) is 1.03. The van der Waals surface area contributed by atoms with E-state index in [1.165, 1.54) is 16.8 Å². The predicted molar refractivity (Wildman–Crippen MR) is 78.0 cm³/mol. The standard InChI is InChI=1S/C15H23N3O/c1-10-6-5-7-12-11(2)8-15(3,4)18(14(10)12)9-13(19)17-16/h5-7,11H,8-9,16H2,1-4H3,(H,17,19). The maximum atomic E-state index is 11.7. The highest BCUT2D eigenvalue weighted by molar-refractivity contribution is 5.82. The van der Waals surface area contributed by atoms with E-state index in [2.05, 4.69) is 56.2 Å². The minimum absolute atomic E-state index is 0.0506. The number of hydrogen-bond acceptors (Lipinski definition) is 3. The number of nitrogens with one attached hydrogen (secondary N) is 1. The molecule has 19 heavy (non-hydrogen) atoms. The SMILES string of the molecule is Cc1cccc2c1N(CC(=O)NN)C(C)(C)CC2C. The molecule has 1 unspecified atom stereocenters. The Morgan fingerprint density at radius 3 is 2.84 bits per heavy atom. The Bertz CT molecular complexity index is 496. The molecule has 0 radical (unpaired) electrons. The first kappa shape index (κ1) is 13.9. The van der Waals surface area contributed by atoms with Gasteiger partial charge in [-0.1, -0.05) is 25.1 Å². The van der Waals surface area contributed by atoms with E-state index in [1.54, 1.807) is 0 Å². The number of carbonyl (C=O) groups is 1. The van der Waals surface area contributed by atoms with Crippen LogP contribution in [0.2, 0.25) is 0 Å². The van der Waals surface area contributed by atoms with Gasteiger partial charge in [0.05, 0.1) is 6.54 Å². The molecule has 0 saturated carbocycles. The Hall–Kier alpha value is -1.55. The number of nitrogens with two attached hydrogens (primary N) is 1. The van der Waals surface area contributed by atoms with Crippen LogP contribution in [0.25, 0.3) is 0 Å². The third-order valence-corrected chi connectivity index (χ3v) is 4.07. The maximum absolute atomic E-state index is 11.7. The molecule has 0 saturated heterocycles. The van der Waals surface area contributed by atoms with Gasteiger partial charge in [-0.15, -0.1) is 0 Å². The van der Waals surface area contributed by atoms with Gasteiger partial charge in [0.25, 0.3) is 5.91 Å². The number of fused-ring (bicyclic) bond motifs is 1. The number of rotatable bonds is 2. The van der Waals surface area contributed by atoms with Crippen molar-refractivity contribution >= 4 is 11.6 Å². The van der Waals surface area contributed by atoms with Crippen molar-refractivity contribution in [2.45, 2.75) is 45.6 Å². The van der Waals surface area contributed by atoms with Gasteiger partial charge >= 0.3 is 0 Å². The lowest BCUT2D eigenvalue weighted by molar-refractivity contribution is -0.120. The van der Waals surface area contributed by atoms with Gasteiger partial charge < -0.3 is 4.90 Å². The Morgan fingerprint density at radius 1 is 1.53 bits per heavy atom. The van der Waals surface area contributed by atoms with Crippen LogP contribution in [0.15, 0.2) is 18.2 Å². The van der Waals surface area contributed by atoms with Crippen LogP contribution in [0.1, 0.15) is 44.2 Å². The number of carbonyl (C=O) groups excluding carboxylic acids is 1. The first-order chi connectivity index (χ1) is 8.86. The second-order valence-electron chi connectivity index (χ2n) is 6.08. The first-order valence-electron chi connectivity index (χ1n) is 6.73. The number of hydrogen-bond donors (Lipinski definition) is 2. The fraction of sp³-hybridized carbons (Fsp3) is 0.533. The number of hydrazine groups is 1. The summed E-state index contributed by atoms with van der Waals surface area (Å²) in [5.74, 6) is 5.58. The quantitative estimate of drug-likeness (QED) is 0.487. The van der Waals surface area contributed by atoms with Crippen LogP contribution in [0.3, 0.4) is 0 Å². The molecule has 1 aromatic carbocycles. The zero-order chi connectivity index (χ0) is 14.2. The number of anilines is 1. The van der Waals surface area contributed by atoms with Gasteiger partial charge in [0.2, 0.25) is 0 Å². The summed E-state index contributed by atoms with van der Waals surface area (Å²) >= 11 is 0. The third kappa shape index (κ3) is 2.45. The van der Waals surface area contributed by atoms with Gasteiger partial charge in [0.1, 0.15) is 0 Å². The molecule has 1 heterocycles. The Kier molecular flexibility index (Phi) is 3.54. The van der Waals surface area contributed by atoms with E-state index in [-0.39, 0.29) is 11.4 Å². The topological polar surface area (TPSA) is 58.4 Å². The summed E-state index contributed by atoms with van der Waals surface area (Å²) in [6, 6.07) is 6.35. The van der Waals surface area contributed by atoms with Gasteiger partial charge in [0, 0.05) is 11.2 Å². The minimum atomic E-state index is -0.156. The molecule has 3 N–H and O–H groups in total. The Morgan fingerprint density at radius 2 is 2.21 bits per heavy atom. The molecular formula is C15H23N3O. The van der Waals surface area contributed by atoms with E-state index in [4.69, 9.17) is 5.84 Å². The van der Waals surface area contributed by atoms with Gasteiger partial charge in [-0.25, -0.2) is 5.84 Å². The van der Waals surface area contributed by atoms with Crippen LogP contribution < -0.4 is 16.2 Å². The first-order valence-corrected chi connectivity index (χ1v) is 6.73. The van der Waals surface area contributed by atoms with E-state index < -0.39 is 0 Å². The number of benzene rings is 1. The molecule has 0 aliphatic carbocycles. The number of nitrogens with zero attached hydrogens (tertiary/aromatic N) is 1. The molecule has 4 nitrogen and oxygen atoms in total. The zero-order valence-corrected chi connectivity index (χ0v) is 12.2. The van der Waals surface area contributed by atoms with Gasteiger partial charge in [-0.2, -0.15) is 0 Å². The summed E-state index contributed by atoms with van der Waals surface area (Å²) < 4.78 is 0. The Labute approximate surface area is 114 Å². The summed E-state index contributed by atoms with van der Waals surface area (Å²) in [7, 11) is 0. The molecule has 0 spiro atoms. The van der Waals surface area contributed by atoms with Crippen LogP contribution in [-0.4, -0.2) is 18.0 Å². The third-order valence-electron chi connectivity index (χ3n) is 4.07. The molecular weight excluding hydrogens is 238 g/mol. The molecule has 0 aromatic heterocycles. The summed E-state index contributed by atoms with van der Waals surface area (Å²) in [5, 5.41) is 0. The second-order valence-corrected chi connectivity index (χ2v) is 6.08. The fourth-order valence-electron chi connectivity index (χ4n) is 3.20. The lowest BCUT2D eigenvalue weighted by Gasteiger charge is -2.47. The van der Waals surface area contributed by atoms with Crippen molar-refractivity contribution in [1.82, 2.24) is 5.43 Å². The van der Waals surface area contributed by atoms with E-state index >= 15 is 0 Å². The van der Waals surface area contributed by atoms with Crippen molar-refractivity contribution in [3.8, 4) is 0 Å². The second kappa shape index (κ2) is 4.85. The highest BCUT2D eigenvalue weighted by Gasteiger charge is 2.37. The molecule has 0 bridgehead atoms. The highest BCUT2D eigenvalue weighted by Crippen LogP contribution is 2.44. The lowest BCUT2D eigenvalue weighted by Crippen LogP contribution is -2.53. The van der Waals surface area contributed by atoms with Crippen molar-refractivity contribution in [1.29, 1.82) is 0 Å². The molecule has 1 aliphatic heterocycles. The predicted octanol–water partition coefficient (Wildman–Crippen LogP) is 2.08. The molecule has 1 atom stereocenters. The largest absolute Gasteiger partial charge is 0.357 e. The van der Waals surface area contributed by atoms with Crippen LogP contribution in [0.4, 0.5) is 5.69 Å².